The Morgan fingerprint density at radius 3 is 2.55 bits per heavy atom. The van der Waals surface area contributed by atoms with Crippen LogP contribution in [0.1, 0.15) is 54.1 Å². The maximum Gasteiger partial charge on any atom is 0.261 e. The number of likely N-dealkylation sites (tertiary alicyclic amines) is 1. The van der Waals surface area contributed by atoms with E-state index < -0.39 is 10.0 Å². The van der Waals surface area contributed by atoms with Crippen molar-refractivity contribution < 1.29 is 13.2 Å². The molecule has 1 fully saturated rings. The fraction of sp³-hybridized carbons (Fsp3) is 0.458. The summed E-state index contributed by atoms with van der Waals surface area (Å²) in [7, 11) is -3.78. The Labute approximate surface area is 186 Å². The van der Waals surface area contributed by atoms with Crippen LogP contribution in [0, 0.1) is 13.8 Å². The van der Waals surface area contributed by atoms with Gasteiger partial charge in [-0.05, 0) is 76.4 Å². The van der Waals surface area contributed by atoms with E-state index in [1.165, 1.54) is 31.4 Å². The second-order valence-electron chi connectivity index (χ2n) is 8.44. The van der Waals surface area contributed by atoms with Crippen molar-refractivity contribution >= 4 is 21.6 Å². The Kier molecular flexibility index (Phi) is 7.73. The first-order valence-electron chi connectivity index (χ1n) is 11.0. The lowest BCUT2D eigenvalue weighted by molar-refractivity contribution is 0.0948. The maximum absolute atomic E-state index is 12.8. The summed E-state index contributed by atoms with van der Waals surface area (Å²) in [5.41, 5.74) is 2.67. The third-order valence-electron chi connectivity index (χ3n) is 5.92. The number of aryl methyl sites for hydroxylation is 2. The molecular formula is C24H33N3O3S. The number of nitrogens with zero attached hydrogens (tertiary/aromatic N) is 1. The van der Waals surface area contributed by atoms with Crippen molar-refractivity contribution in [3.8, 4) is 0 Å². The third kappa shape index (κ3) is 6.31. The van der Waals surface area contributed by atoms with Crippen molar-refractivity contribution in [1.82, 2.24) is 10.2 Å². The average Bonchev–Trinajstić information content (AvgIpc) is 2.74. The molecule has 0 aromatic heterocycles. The molecule has 2 aromatic rings. The highest BCUT2D eigenvalue weighted by Crippen LogP contribution is 2.20. The van der Waals surface area contributed by atoms with Gasteiger partial charge in [0.1, 0.15) is 0 Å². The molecule has 168 valence electrons. The van der Waals surface area contributed by atoms with Crippen molar-refractivity contribution in [2.75, 3.05) is 24.4 Å². The molecule has 1 atom stereocenters. The van der Waals surface area contributed by atoms with Crippen LogP contribution in [0.15, 0.2) is 47.4 Å². The molecule has 7 heteroatoms. The second-order valence-corrected chi connectivity index (χ2v) is 10.1. The van der Waals surface area contributed by atoms with Crippen molar-refractivity contribution in [2.24, 2.45) is 0 Å². The van der Waals surface area contributed by atoms with Crippen LogP contribution in [-0.2, 0) is 10.0 Å². The second kappa shape index (κ2) is 10.3. The first-order chi connectivity index (χ1) is 14.8. The lowest BCUT2D eigenvalue weighted by atomic mass is 10.0. The number of benzene rings is 2. The highest BCUT2D eigenvalue weighted by atomic mass is 32.2. The van der Waals surface area contributed by atoms with Gasteiger partial charge in [0.25, 0.3) is 15.9 Å². The van der Waals surface area contributed by atoms with Crippen LogP contribution in [-0.4, -0.2) is 44.9 Å². The Morgan fingerprint density at radius 1 is 1.10 bits per heavy atom. The molecule has 0 spiro atoms. The Morgan fingerprint density at radius 2 is 1.84 bits per heavy atom. The Hall–Kier alpha value is -2.38. The van der Waals surface area contributed by atoms with Crippen molar-refractivity contribution in [3.05, 3.63) is 59.2 Å². The average molecular weight is 444 g/mol. The molecule has 0 aliphatic carbocycles. The number of sulfonamides is 1. The van der Waals surface area contributed by atoms with E-state index in [0.717, 1.165) is 30.6 Å². The van der Waals surface area contributed by atoms with E-state index in [4.69, 9.17) is 0 Å². The summed E-state index contributed by atoms with van der Waals surface area (Å²) in [6.07, 6.45) is 4.66. The summed E-state index contributed by atoms with van der Waals surface area (Å²) in [6, 6.07) is 12.4. The van der Waals surface area contributed by atoms with Gasteiger partial charge in [-0.3, -0.25) is 9.52 Å². The smallest absolute Gasteiger partial charge is 0.261 e. The molecule has 0 bridgehead atoms. The number of anilines is 1. The molecule has 1 heterocycles. The molecule has 0 saturated carbocycles. The molecule has 1 aliphatic rings. The number of nitrogens with one attached hydrogen (secondary N) is 2. The van der Waals surface area contributed by atoms with Crippen LogP contribution in [0.4, 0.5) is 5.69 Å². The molecule has 1 unspecified atom stereocenters. The number of amides is 1. The number of carbonyl (C=O) groups excluding carboxylic acids is 1. The SMILES string of the molecule is Cc1ccc(NS(=O)(=O)c2ccc(C)c(C(=O)NCCCN3CCCCC3C)c2)cc1. The zero-order valence-corrected chi connectivity index (χ0v) is 19.5. The normalized spacial score (nSPS) is 17.3. The molecule has 0 radical (unpaired) electrons. The van der Waals surface area contributed by atoms with Crippen molar-refractivity contribution in [2.45, 2.75) is 57.4 Å². The molecule has 6 nitrogen and oxygen atoms in total. The zero-order valence-electron chi connectivity index (χ0n) is 18.6. The van der Waals surface area contributed by atoms with Gasteiger partial charge < -0.3 is 10.2 Å². The minimum atomic E-state index is -3.78. The van der Waals surface area contributed by atoms with Crippen LogP contribution < -0.4 is 10.0 Å². The van der Waals surface area contributed by atoms with Crippen molar-refractivity contribution in [3.63, 3.8) is 0 Å². The van der Waals surface area contributed by atoms with Crippen molar-refractivity contribution in [1.29, 1.82) is 0 Å². The van der Waals surface area contributed by atoms with E-state index in [1.54, 1.807) is 18.2 Å². The summed E-state index contributed by atoms with van der Waals surface area (Å²) in [6.45, 7) is 8.68. The van der Waals surface area contributed by atoms with Gasteiger partial charge >= 0.3 is 0 Å². The summed E-state index contributed by atoms with van der Waals surface area (Å²) in [5, 5.41) is 2.95. The van der Waals surface area contributed by atoms with Crippen LogP contribution in [0.5, 0.6) is 0 Å². The fourth-order valence-corrected chi connectivity index (χ4v) is 5.00. The quantitative estimate of drug-likeness (QED) is 0.602. The molecule has 1 aliphatic heterocycles. The van der Waals surface area contributed by atoms with Gasteiger partial charge in [0.05, 0.1) is 4.90 Å². The third-order valence-corrected chi connectivity index (χ3v) is 7.29. The first-order valence-corrected chi connectivity index (χ1v) is 12.5. The minimum absolute atomic E-state index is 0.0750. The van der Waals surface area contributed by atoms with Gasteiger partial charge in [-0.15, -0.1) is 0 Å². The van der Waals surface area contributed by atoms with Gasteiger partial charge in [0.2, 0.25) is 0 Å². The van der Waals surface area contributed by atoms with Gasteiger partial charge in [-0.2, -0.15) is 0 Å². The topological polar surface area (TPSA) is 78.5 Å². The van der Waals surface area contributed by atoms with E-state index in [0.29, 0.717) is 23.8 Å². The number of hydrogen-bond donors (Lipinski definition) is 2. The lowest BCUT2D eigenvalue weighted by Crippen LogP contribution is -2.39. The number of piperidine rings is 1. The number of rotatable bonds is 8. The molecule has 1 saturated heterocycles. The molecule has 3 rings (SSSR count). The lowest BCUT2D eigenvalue weighted by Gasteiger charge is -2.33. The first kappa shape index (κ1) is 23.3. The highest BCUT2D eigenvalue weighted by Gasteiger charge is 2.19. The molecule has 2 aromatic carbocycles. The Bertz CT molecular complexity index is 1000. The molecule has 1 amide bonds. The predicted octanol–water partition coefficient (Wildman–Crippen LogP) is 4.10. The summed E-state index contributed by atoms with van der Waals surface area (Å²) in [5.74, 6) is -0.239. The summed E-state index contributed by atoms with van der Waals surface area (Å²) < 4.78 is 28.2. The van der Waals surface area contributed by atoms with E-state index in [9.17, 15) is 13.2 Å². The van der Waals surface area contributed by atoms with Crippen LogP contribution in [0.25, 0.3) is 0 Å². The summed E-state index contributed by atoms with van der Waals surface area (Å²) in [4.78, 5) is 15.3. The van der Waals surface area contributed by atoms with Gasteiger partial charge in [-0.1, -0.05) is 30.2 Å². The predicted molar refractivity (Wildman–Crippen MR) is 125 cm³/mol. The molecular weight excluding hydrogens is 410 g/mol. The maximum atomic E-state index is 12.8. The van der Waals surface area contributed by atoms with Crippen LogP contribution in [0.3, 0.4) is 0 Å². The highest BCUT2D eigenvalue weighted by molar-refractivity contribution is 7.92. The molecule has 2 N–H and O–H groups in total. The van der Waals surface area contributed by atoms with Crippen LogP contribution >= 0.6 is 0 Å². The zero-order chi connectivity index (χ0) is 22.4. The van der Waals surface area contributed by atoms with Crippen LogP contribution in [0.2, 0.25) is 0 Å². The number of hydrogen-bond acceptors (Lipinski definition) is 4. The van der Waals surface area contributed by atoms with Gasteiger partial charge in [0, 0.05) is 30.4 Å². The minimum Gasteiger partial charge on any atom is -0.352 e. The van der Waals surface area contributed by atoms with E-state index >= 15 is 0 Å². The number of carbonyl (C=O) groups is 1. The van der Waals surface area contributed by atoms with Gasteiger partial charge in [-0.25, -0.2) is 8.42 Å². The van der Waals surface area contributed by atoms with E-state index in [2.05, 4.69) is 21.9 Å². The Balaban J connectivity index is 1.61. The standard InChI is InChI=1S/C24H33N3O3S/c1-18-8-11-21(12-9-18)26-31(29,30)22-13-10-19(2)23(17-22)24(28)25-14-6-16-27-15-5-4-7-20(27)3/h8-13,17,20,26H,4-7,14-16H2,1-3H3,(H,25,28). The fourth-order valence-electron chi connectivity index (χ4n) is 3.92. The largest absolute Gasteiger partial charge is 0.352 e. The molecule has 31 heavy (non-hydrogen) atoms. The van der Waals surface area contributed by atoms with E-state index in [-0.39, 0.29) is 10.8 Å². The van der Waals surface area contributed by atoms with E-state index in [1.807, 2.05) is 26.0 Å². The monoisotopic (exact) mass is 443 g/mol. The van der Waals surface area contributed by atoms with Gasteiger partial charge in [0.15, 0.2) is 0 Å². The summed E-state index contributed by atoms with van der Waals surface area (Å²) >= 11 is 0.